The molecule has 162 valence electrons. The maximum atomic E-state index is 13.4. The van der Waals surface area contributed by atoms with Crippen molar-refractivity contribution < 1.29 is 9.53 Å². The van der Waals surface area contributed by atoms with Crippen molar-refractivity contribution >= 4 is 11.6 Å². The lowest BCUT2D eigenvalue weighted by molar-refractivity contribution is -0.121. The maximum Gasteiger partial charge on any atom is 0.246 e. The molecule has 1 heterocycles. The van der Waals surface area contributed by atoms with Crippen molar-refractivity contribution in [3.63, 3.8) is 0 Å². The van der Waals surface area contributed by atoms with Crippen LogP contribution in [-0.2, 0) is 11.3 Å². The van der Waals surface area contributed by atoms with E-state index in [9.17, 15) is 4.79 Å². The number of anilines is 1. The van der Waals surface area contributed by atoms with E-state index < -0.39 is 6.04 Å². The average molecular weight is 427 g/mol. The molecule has 0 fully saturated rings. The van der Waals surface area contributed by atoms with E-state index in [1.807, 2.05) is 114 Å². The molecular formula is C26H26N4O2. The van der Waals surface area contributed by atoms with Gasteiger partial charge in [0.15, 0.2) is 0 Å². The molecule has 1 unspecified atom stereocenters. The molecule has 1 atom stereocenters. The molecule has 0 saturated carbocycles. The molecule has 1 aromatic heterocycles. The van der Waals surface area contributed by atoms with Crippen molar-refractivity contribution in [1.82, 2.24) is 14.7 Å². The Bertz CT molecular complexity index is 1160. The molecule has 1 amide bonds. The summed E-state index contributed by atoms with van der Waals surface area (Å²) in [4.78, 5) is 15.4. The number of amides is 1. The van der Waals surface area contributed by atoms with E-state index in [4.69, 9.17) is 4.74 Å². The molecular weight excluding hydrogens is 400 g/mol. The monoisotopic (exact) mass is 426 g/mol. The zero-order valence-corrected chi connectivity index (χ0v) is 18.2. The van der Waals surface area contributed by atoms with Crippen LogP contribution in [0.5, 0.6) is 5.75 Å². The number of para-hydroxylation sites is 1. The summed E-state index contributed by atoms with van der Waals surface area (Å²) in [5, 5.41) is 7.51. The predicted molar refractivity (Wildman–Crippen MR) is 126 cm³/mol. The normalized spacial score (nSPS) is 11.8. The number of hydrogen-bond acceptors (Lipinski definition) is 4. The number of carbonyl (C=O) groups is 1. The molecule has 0 aliphatic rings. The first-order chi connectivity index (χ1) is 15.6. The smallest absolute Gasteiger partial charge is 0.246 e. The Hall–Kier alpha value is -3.90. The SMILES string of the molecule is COc1cccc(NC(=O)C(c2ccccc2)N(C)Cc2cnn(-c3ccccc3)c2)c1. The molecule has 0 bridgehead atoms. The molecule has 4 rings (SSSR count). The number of hydrogen-bond donors (Lipinski definition) is 1. The van der Waals surface area contributed by atoms with E-state index in [-0.39, 0.29) is 5.91 Å². The lowest BCUT2D eigenvalue weighted by Gasteiger charge is -2.27. The van der Waals surface area contributed by atoms with Gasteiger partial charge in [0.2, 0.25) is 5.91 Å². The van der Waals surface area contributed by atoms with Crippen LogP contribution >= 0.6 is 0 Å². The third-order valence-corrected chi connectivity index (χ3v) is 5.23. The first kappa shape index (κ1) is 21.3. The van der Waals surface area contributed by atoms with E-state index in [0.29, 0.717) is 18.0 Å². The number of rotatable bonds is 8. The van der Waals surface area contributed by atoms with Gasteiger partial charge in [-0.2, -0.15) is 5.10 Å². The molecule has 3 aromatic carbocycles. The van der Waals surface area contributed by atoms with Gasteiger partial charge in [0.1, 0.15) is 11.8 Å². The highest BCUT2D eigenvalue weighted by Crippen LogP contribution is 2.25. The highest BCUT2D eigenvalue weighted by atomic mass is 16.5. The fourth-order valence-corrected chi connectivity index (χ4v) is 3.70. The van der Waals surface area contributed by atoms with E-state index >= 15 is 0 Å². The fourth-order valence-electron chi connectivity index (χ4n) is 3.70. The Morgan fingerprint density at radius 2 is 1.75 bits per heavy atom. The maximum absolute atomic E-state index is 13.4. The van der Waals surface area contributed by atoms with Crippen molar-refractivity contribution in [3.8, 4) is 11.4 Å². The molecule has 0 aliphatic heterocycles. The van der Waals surface area contributed by atoms with E-state index in [1.165, 1.54) is 0 Å². The average Bonchev–Trinajstić information content (AvgIpc) is 3.29. The Kier molecular flexibility index (Phi) is 6.63. The molecule has 32 heavy (non-hydrogen) atoms. The second-order valence-corrected chi connectivity index (χ2v) is 7.58. The molecule has 0 aliphatic carbocycles. The Morgan fingerprint density at radius 3 is 2.47 bits per heavy atom. The van der Waals surface area contributed by atoms with Gasteiger partial charge in [-0.3, -0.25) is 9.69 Å². The van der Waals surface area contributed by atoms with Crippen LogP contribution in [0.4, 0.5) is 5.69 Å². The zero-order valence-electron chi connectivity index (χ0n) is 18.2. The number of nitrogens with one attached hydrogen (secondary N) is 1. The van der Waals surface area contributed by atoms with Crippen molar-refractivity contribution in [2.45, 2.75) is 12.6 Å². The summed E-state index contributed by atoms with van der Waals surface area (Å²) in [7, 11) is 3.56. The Balaban J connectivity index is 1.55. The molecule has 0 saturated heterocycles. The van der Waals surface area contributed by atoms with Crippen LogP contribution in [-0.4, -0.2) is 34.7 Å². The minimum absolute atomic E-state index is 0.109. The van der Waals surface area contributed by atoms with Crippen molar-refractivity contribution in [2.24, 2.45) is 0 Å². The zero-order chi connectivity index (χ0) is 22.3. The Morgan fingerprint density at radius 1 is 1.03 bits per heavy atom. The summed E-state index contributed by atoms with van der Waals surface area (Å²) in [6.45, 7) is 0.567. The lowest BCUT2D eigenvalue weighted by Crippen LogP contribution is -2.34. The van der Waals surface area contributed by atoms with Crippen LogP contribution in [0.25, 0.3) is 5.69 Å². The first-order valence-electron chi connectivity index (χ1n) is 10.4. The van der Waals surface area contributed by atoms with E-state index in [0.717, 1.165) is 16.8 Å². The van der Waals surface area contributed by atoms with E-state index in [1.54, 1.807) is 7.11 Å². The Labute approximate surface area is 188 Å². The lowest BCUT2D eigenvalue weighted by atomic mass is 10.0. The van der Waals surface area contributed by atoms with Gasteiger partial charge in [-0.25, -0.2) is 4.68 Å². The molecule has 1 N–H and O–H groups in total. The number of ether oxygens (including phenoxy) is 1. The van der Waals surface area contributed by atoms with Gasteiger partial charge >= 0.3 is 0 Å². The van der Waals surface area contributed by atoms with Crippen molar-refractivity contribution in [1.29, 1.82) is 0 Å². The number of carbonyl (C=O) groups excluding carboxylic acids is 1. The van der Waals surface area contributed by atoms with Crippen LogP contribution in [0.2, 0.25) is 0 Å². The van der Waals surface area contributed by atoms with Crippen LogP contribution in [0.15, 0.2) is 97.3 Å². The van der Waals surface area contributed by atoms with Gasteiger partial charge in [-0.1, -0.05) is 54.6 Å². The summed E-state index contributed by atoms with van der Waals surface area (Å²) in [6.07, 6.45) is 3.83. The van der Waals surface area contributed by atoms with Gasteiger partial charge in [0, 0.05) is 30.1 Å². The van der Waals surface area contributed by atoms with Crippen LogP contribution < -0.4 is 10.1 Å². The number of methoxy groups -OCH3 is 1. The number of benzene rings is 3. The van der Waals surface area contributed by atoms with E-state index in [2.05, 4.69) is 10.4 Å². The number of likely N-dealkylation sites (N-methyl/N-ethyl adjacent to an activating group) is 1. The summed E-state index contributed by atoms with van der Waals surface area (Å²) in [6, 6.07) is 26.6. The quantitative estimate of drug-likeness (QED) is 0.444. The predicted octanol–water partition coefficient (Wildman–Crippen LogP) is 4.69. The summed E-state index contributed by atoms with van der Waals surface area (Å²) in [5.74, 6) is 0.586. The minimum Gasteiger partial charge on any atom is -0.497 e. The molecule has 0 spiro atoms. The largest absolute Gasteiger partial charge is 0.497 e. The highest BCUT2D eigenvalue weighted by molar-refractivity contribution is 5.95. The number of nitrogens with zero attached hydrogens (tertiary/aromatic N) is 3. The summed E-state index contributed by atoms with van der Waals surface area (Å²) >= 11 is 0. The summed E-state index contributed by atoms with van der Waals surface area (Å²) < 4.78 is 7.12. The van der Waals surface area contributed by atoms with Crippen molar-refractivity contribution in [2.75, 3.05) is 19.5 Å². The molecule has 4 aromatic rings. The van der Waals surface area contributed by atoms with Crippen molar-refractivity contribution in [3.05, 3.63) is 108 Å². The first-order valence-corrected chi connectivity index (χ1v) is 10.4. The van der Waals surface area contributed by atoms with Gasteiger partial charge < -0.3 is 10.1 Å². The van der Waals surface area contributed by atoms with Gasteiger partial charge in [0.05, 0.1) is 19.0 Å². The van der Waals surface area contributed by atoms with Crippen LogP contribution in [0.3, 0.4) is 0 Å². The number of aromatic nitrogens is 2. The second-order valence-electron chi connectivity index (χ2n) is 7.58. The van der Waals surface area contributed by atoms with Gasteiger partial charge in [0.25, 0.3) is 0 Å². The van der Waals surface area contributed by atoms with Crippen LogP contribution in [0.1, 0.15) is 17.2 Å². The topological polar surface area (TPSA) is 59.4 Å². The van der Waals surface area contributed by atoms with Crippen LogP contribution in [0, 0.1) is 0 Å². The molecule has 6 heteroatoms. The third-order valence-electron chi connectivity index (χ3n) is 5.23. The third kappa shape index (κ3) is 5.04. The highest BCUT2D eigenvalue weighted by Gasteiger charge is 2.26. The summed E-state index contributed by atoms with van der Waals surface area (Å²) in [5.41, 5.74) is 3.63. The standard InChI is InChI=1S/C26H26N4O2/c1-29(18-20-17-27-30(19-20)23-13-7-4-8-14-23)25(21-10-5-3-6-11-21)26(31)28-22-12-9-15-24(16-22)32-2/h3-17,19,25H,18H2,1-2H3,(H,28,31). The molecule has 6 nitrogen and oxygen atoms in total. The van der Waals surface area contributed by atoms with Gasteiger partial charge in [-0.05, 0) is 36.9 Å². The second kappa shape index (κ2) is 9.94. The minimum atomic E-state index is -0.470. The fraction of sp³-hybridized carbons (Fsp3) is 0.154. The van der Waals surface area contributed by atoms with Gasteiger partial charge in [-0.15, -0.1) is 0 Å². The molecule has 0 radical (unpaired) electrons.